The summed E-state index contributed by atoms with van der Waals surface area (Å²) in [5.74, 6) is -1.86. The summed E-state index contributed by atoms with van der Waals surface area (Å²) in [6, 6.07) is 8.39. The van der Waals surface area contributed by atoms with Crippen LogP contribution in [0.5, 0.6) is 0 Å². The molecule has 0 fully saturated rings. The zero-order chi connectivity index (χ0) is 49.8. The number of nitrogens with one attached hydrogen (secondary N) is 3. The highest BCUT2D eigenvalue weighted by molar-refractivity contribution is 6.45. The van der Waals surface area contributed by atoms with Crippen LogP contribution in [-0.2, 0) is 62.2 Å². The molecule has 20 nitrogen and oxygen atoms in total. The maximum atomic E-state index is 13.9. The minimum Gasteiger partial charge on any atom is -0.426 e. The fraction of sp³-hybridized carbons (Fsp3) is 0.660. The quantitative estimate of drug-likeness (QED) is 0.0484. The van der Waals surface area contributed by atoms with Crippen molar-refractivity contribution in [3.63, 3.8) is 0 Å². The van der Waals surface area contributed by atoms with Gasteiger partial charge in [-0.2, -0.15) is 0 Å². The van der Waals surface area contributed by atoms with Crippen LogP contribution in [0.2, 0.25) is 0 Å². The number of nitrogens with zero attached hydrogens (tertiary/aromatic N) is 6. The van der Waals surface area contributed by atoms with Gasteiger partial charge >= 0.3 is 7.12 Å². The summed E-state index contributed by atoms with van der Waals surface area (Å²) in [5, 5.41) is 28.4. The fourth-order valence-electron chi connectivity index (χ4n) is 6.61. The van der Waals surface area contributed by atoms with Gasteiger partial charge in [-0.1, -0.05) is 70.2 Å². The molecule has 0 aliphatic carbocycles. The average molecular weight is 954 g/mol. The number of amides is 4. The molecule has 0 saturated heterocycles. The van der Waals surface area contributed by atoms with E-state index in [9.17, 15) is 24.2 Å². The van der Waals surface area contributed by atoms with Crippen LogP contribution in [0, 0.1) is 11.3 Å². The van der Waals surface area contributed by atoms with Crippen molar-refractivity contribution in [1.82, 2.24) is 45.8 Å². The molecule has 378 valence electrons. The van der Waals surface area contributed by atoms with Crippen molar-refractivity contribution in [2.24, 2.45) is 11.3 Å². The van der Waals surface area contributed by atoms with E-state index in [1.807, 2.05) is 71.9 Å². The topological polar surface area (TPSA) is 240 Å². The molecule has 0 radical (unpaired) electrons. The van der Waals surface area contributed by atoms with E-state index in [1.165, 1.54) is 18.6 Å². The lowest BCUT2D eigenvalue weighted by molar-refractivity contribution is -0.132. The Labute approximate surface area is 402 Å². The third kappa shape index (κ3) is 22.0. The first-order chi connectivity index (χ1) is 32.5. The maximum Gasteiger partial charge on any atom is 0.478 e. The summed E-state index contributed by atoms with van der Waals surface area (Å²) >= 11 is 0. The van der Waals surface area contributed by atoms with E-state index in [-0.39, 0.29) is 42.8 Å². The van der Waals surface area contributed by atoms with Crippen molar-refractivity contribution < 1.29 is 52.5 Å². The molecule has 0 bridgehead atoms. The number of hydrogen-bond donors (Lipinski definition) is 4. The van der Waals surface area contributed by atoms with Gasteiger partial charge in [-0.15, -0.1) is 5.10 Å². The van der Waals surface area contributed by atoms with E-state index in [1.54, 1.807) is 29.8 Å². The molecule has 0 aliphatic heterocycles. The van der Waals surface area contributed by atoms with Crippen molar-refractivity contribution in [3.05, 3.63) is 72.1 Å². The second kappa shape index (κ2) is 31.3. The molecule has 0 saturated carbocycles. The molecule has 1 aromatic carbocycles. The number of aromatic nitrogens is 5. The Morgan fingerprint density at radius 1 is 0.897 bits per heavy atom. The van der Waals surface area contributed by atoms with Gasteiger partial charge in [0, 0.05) is 63.9 Å². The predicted octanol–water partition coefficient (Wildman–Crippen LogP) is 2.83. The summed E-state index contributed by atoms with van der Waals surface area (Å²) in [4.78, 5) is 61.3. The largest absolute Gasteiger partial charge is 0.478 e. The monoisotopic (exact) mass is 954 g/mol. The van der Waals surface area contributed by atoms with Crippen LogP contribution < -0.4 is 16.0 Å². The van der Waals surface area contributed by atoms with E-state index in [0.29, 0.717) is 97.6 Å². The molecule has 0 unspecified atom stereocenters. The summed E-state index contributed by atoms with van der Waals surface area (Å²) in [6.45, 7) is 18.6. The van der Waals surface area contributed by atoms with Crippen molar-refractivity contribution in [2.75, 3.05) is 79.7 Å². The number of rotatable bonds is 36. The highest BCUT2D eigenvalue weighted by atomic mass is 16.6. The first-order valence-corrected chi connectivity index (χ1v) is 23.6. The van der Waals surface area contributed by atoms with Gasteiger partial charge in [0.25, 0.3) is 5.91 Å². The Hall–Kier alpha value is -4.90. The van der Waals surface area contributed by atoms with Crippen molar-refractivity contribution >= 4 is 30.7 Å². The summed E-state index contributed by atoms with van der Waals surface area (Å²) in [6.07, 6.45) is 7.86. The SMILES string of the molecule is CCC(=O)N(CCC(=O)NCCCOC)Cc1cn(CCOCCOCCOCCOCC(C)(C)C(C)(C)OB(O)[C@@H](CC(C)C)NC(=O)[C@@H](Cc2ccccc2)NC(=O)c2cnccn2)nn1. The fourth-order valence-corrected chi connectivity index (χ4v) is 6.61. The Morgan fingerprint density at radius 3 is 2.21 bits per heavy atom. The molecule has 2 aromatic heterocycles. The van der Waals surface area contributed by atoms with Crippen LogP contribution in [0.1, 0.15) is 95.9 Å². The second-order valence-electron chi connectivity index (χ2n) is 17.9. The van der Waals surface area contributed by atoms with Crippen LogP contribution >= 0.6 is 0 Å². The third-order valence-electron chi connectivity index (χ3n) is 11.2. The smallest absolute Gasteiger partial charge is 0.426 e. The first-order valence-electron chi connectivity index (χ1n) is 23.6. The Balaban J connectivity index is 1.33. The number of ether oxygens (including phenoxy) is 5. The summed E-state index contributed by atoms with van der Waals surface area (Å²) < 4.78 is 36.0. The molecule has 0 aliphatic rings. The lowest BCUT2D eigenvalue weighted by atomic mass is 9.70. The molecule has 3 aromatic rings. The summed E-state index contributed by atoms with van der Waals surface area (Å²) in [7, 11) is 0.251. The van der Waals surface area contributed by atoms with Crippen LogP contribution in [-0.4, -0.2) is 163 Å². The van der Waals surface area contributed by atoms with Gasteiger partial charge in [-0.05, 0) is 38.2 Å². The summed E-state index contributed by atoms with van der Waals surface area (Å²) in [5.41, 5.74) is 0.0935. The van der Waals surface area contributed by atoms with E-state index >= 15 is 0 Å². The first kappa shape index (κ1) is 57.4. The molecule has 2 atom stereocenters. The number of benzene rings is 1. The van der Waals surface area contributed by atoms with Crippen molar-refractivity contribution in [1.29, 1.82) is 0 Å². The minimum absolute atomic E-state index is 0.0634. The molecular weight excluding hydrogens is 877 g/mol. The molecule has 4 amide bonds. The molecule has 2 heterocycles. The van der Waals surface area contributed by atoms with Gasteiger partial charge in [0.05, 0.1) is 89.9 Å². The molecule has 21 heteroatoms. The van der Waals surface area contributed by atoms with E-state index in [2.05, 4.69) is 36.2 Å². The lowest BCUT2D eigenvalue weighted by Crippen LogP contribution is -2.58. The molecule has 4 N–H and O–H groups in total. The maximum absolute atomic E-state index is 13.9. The minimum atomic E-state index is -1.36. The van der Waals surface area contributed by atoms with Crippen molar-refractivity contribution in [2.45, 2.75) is 111 Å². The predicted molar refractivity (Wildman–Crippen MR) is 255 cm³/mol. The van der Waals surface area contributed by atoms with E-state index in [4.69, 9.17) is 28.3 Å². The highest BCUT2D eigenvalue weighted by Gasteiger charge is 2.44. The van der Waals surface area contributed by atoms with Gasteiger partial charge < -0.3 is 54.2 Å². The number of carbonyl (C=O) groups is 4. The molecule has 68 heavy (non-hydrogen) atoms. The van der Waals surface area contributed by atoms with Gasteiger partial charge in [-0.25, -0.2) is 9.67 Å². The van der Waals surface area contributed by atoms with Crippen LogP contribution in [0.25, 0.3) is 0 Å². The number of hydrogen-bond acceptors (Lipinski definition) is 15. The normalized spacial score (nSPS) is 12.7. The van der Waals surface area contributed by atoms with Crippen LogP contribution in [0.15, 0.2) is 55.1 Å². The molecular formula is C47H76BN9O11. The second-order valence-corrected chi connectivity index (χ2v) is 17.9. The zero-order valence-electron chi connectivity index (χ0n) is 41.4. The van der Waals surface area contributed by atoms with E-state index < -0.39 is 41.9 Å². The standard InChI is InChI=1S/C47H76BN9O11/c1-9-43(59)56(20-16-42(58)51-17-13-22-63-8)33-38-34-57(55-54-38)21-23-64-24-25-65-26-27-66-28-29-67-35-46(4,5)47(6,7)68-48(62)41(30-36(2)3)53-44(60)39(31-37-14-11-10-12-15-37)52-45(61)40-32-49-18-19-50-40/h10-12,14-15,18-19,32,34,36,39,41,62H,9,13,16-17,20-31,33,35H2,1-8H3,(H,51,58)(H,52,61)(H,53,60)/t39-,41-/m1/s1. The number of carbonyl (C=O) groups excluding carboxylic acids is 4. The highest BCUT2D eigenvalue weighted by Crippen LogP contribution is 2.35. The van der Waals surface area contributed by atoms with Crippen LogP contribution in [0.4, 0.5) is 0 Å². The third-order valence-corrected chi connectivity index (χ3v) is 11.2. The molecule has 3 rings (SSSR count). The van der Waals surface area contributed by atoms with Crippen LogP contribution in [0.3, 0.4) is 0 Å². The number of methoxy groups -OCH3 is 1. The van der Waals surface area contributed by atoms with E-state index in [0.717, 1.165) is 12.0 Å². The average Bonchev–Trinajstić information content (AvgIpc) is 3.77. The van der Waals surface area contributed by atoms with Gasteiger partial charge in [0.1, 0.15) is 17.4 Å². The lowest BCUT2D eigenvalue weighted by Gasteiger charge is -2.43. The zero-order valence-corrected chi connectivity index (χ0v) is 41.4. The van der Waals surface area contributed by atoms with Gasteiger partial charge in [0.2, 0.25) is 17.7 Å². The Morgan fingerprint density at radius 2 is 1.57 bits per heavy atom. The Bertz CT molecular complexity index is 1890. The van der Waals surface area contributed by atoms with Gasteiger partial charge in [0.15, 0.2) is 0 Å². The van der Waals surface area contributed by atoms with Gasteiger partial charge in [-0.3, -0.25) is 24.2 Å². The molecule has 0 spiro atoms. The van der Waals surface area contributed by atoms with Crippen molar-refractivity contribution in [3.8, 4) is 0 Å². The Kier molecular flexibility index (Phi) is 26.4.